The zero-order chi connectivity index (χ0) is 15.1. The van der Waals surface area contributed by atoms with Gasteiger partial charge in [-0.05, 0) is 25.1 Å². The van der Waals surface area contributed by atoms with Crippen LogP contribution >= 0.6 is 11.6 Å². The average Bonchev–Trinajstić information content (AvgIpc) is 2.38. The van der Waals surface area contributed by atoms with Crippen molar-refractivity contribution in [1.29, 1.82) is 0 Å². The van der Waals surface area contributed by atoms with Crippen molar-refractivity contribution in [2.75, 3.05) is 19.0 Å². The number of benzene rings is 1. The Kier molecular flexibility index (Phi) is 6.11. The normalized spacial score (nSPS) is 11.6. The number of amides is 1. The zero-order valence-electron chi connectivity index (χ0n) is 11.3. The molecular formula is C13H17ClN2O4. The van der Waals surface area contributed by atoms with Crippen molar-refractivity contribution >= 4 is 29.2 Å². The molecule has 0 aromatic heterocycles. The predicted octanol–water partition coefficient (Wildman–Crippen LogP) is 1.74. The fraction of sp³-hybridized carbons (Fsp3) is 0.385. The first-order chi connectivity index (χ1) is 9.43. The Hall–Kier alpha value is -1.95. The predicted molar refractivity (Wildman–Crippen MR) is 76.4 cm³/mol. The van der Waals surface area contributed by atoms with Gasteiger partial charge in [-0.15, -0.1) is 0 Å². The lowest BCUT2D eigenvalue weighted by atomic mass is 10.2. The minimum absolute atomic E-state index is 0.146. The van der Waals surface area contributed by atoms with Gasteiger partial charge in [0.15, 0.2) is 0 Å². The van der Waals surface area contributed by atoms with Crippen molar-refractivity contribution in [2.45, 2.75) is 19.4 Å². The molecule has 1 aromatic carbocycles. The fourth-order valence-corrected chi connectivity index (χ4v) is 1.68. The molecule has 0 bridgehead atoms. The average molecular weight is 301 g/mol. The Labute approximate surface area is 122 Å². The number of anilines is 1. The largest absolute Gasteiger partial charge is 0.495 e. The van der Waals surface area contributed by atoms with Gasteiger partial charge >= 0.3 is 5.97 Å². The lowest BCUT2D eigenvalue weighted by molar-refractivity contribution is -0.141. The van der Waals surface area contributed by atoms with Crippen LogP contribution in [0.25, 0.3) is 0 Å². The molecular weight excluding hydrogens is 284 g/mol. The van der Waals surface area contributed by atoms with Gasteiger partial charge in [0.05, 0.1) is 12.8 Å². The first kappa shape index (κ1) is 16.1. The molecule has 110 valence electrons. The number of rotatable bonds is 7. The van der Waals surface area contributed by atoms with Crippen LogP contribution in [0.5, 0.6) is 5.75 Å². The molecule has 7 heteroatoms. The number of carboxylic acids is 1. The number of aliphatic carboxylic acids is 1. The van der Waals surface area contributed by atoms with E-state index in [2.05, 4.69) is 10.6 Å². The number of halogens is 1. The molecule has 0 fully saturated rings. The van der Waals surface area contributed by atoms with Gasteiger partial charge in [0.25, 0.3) is 0 Å². The van der Waals surface area contributed by atoms with E-state index < -0.39 is 12.0 Å². The van der Waals surface area contributed by atoms with Crippen molar-refractivity contribution in [3.05, 3.63) is 23.2 Å². The van der Waals surface area contributed by atoms with E-state index in [1.807, 2.05) is 0 Å². The molecule has 0 aliphatic carbocycles. The lowest BCUT2D eigenvalue weighted by Gasteiger charge is -2.12. The first-order valence-corrected chi connectivity index (χ1v) is 6.41. The summed E-state index contributed by atoms with van der Waals surface area (Å²) in [5.41, 5.74) is 0.680. The molecule has 1 rings (SSSR count). The summed E-state index contributed by atoms with van der Waals surface area (Å²) in [7, 11) is 1.54. The molecule has 1 aromatic rings. The Morgan fingerprint density at radius 1 is 1.45 bits per heavy atom. The van der Waals surface area contributed by atoms with Crippen LogP contribution in [0.1, 0.15) is 13.3 Å². The summed E-state index contributed by atoms with van der Waals surface area (Å²) in [5, 5.41) is 14.6. The zero-order valence-corrected chi connectivity index (χ0v) is 12.0. The number of hydrogen-bond acceptors (Lipinski definition) is 4. The van der Waals surface area contributed by atoms with E-state index in [-0.39, 0.29) is 12.3 Å². The fourth-order valence-electron chi connectivity index (χ4n) is 1.50. The molecule has 0 unspecified atom stereocenters. The molecule has 1 atom stereocenters. The lowest BCUT2D eigenvalue weighted by Crippen LogP contribution is -2.38. The van der Waals surface area contributed by atoms with Gasteiger partial charge in [0.2, 0.25) is 5.91 Å². The van der Waals surface area contributed by atoms with Crippen LogP contribution in [0.15, 0.2) is 18.2 Å². The number of carbonyl (C=O) groups is 2. The minimum Gasteiger partial charge on any atom is -0.495 e. The number of hydrogen-bond donors (Lipinski definition) is 3. The SMILES string of the molecule is COc1ccc(Cl)cc1NCCC(=O)N[C@H](C)C(=O)O. The van der Waals surface area contributed by atoms with Gasteiger partial charge < -0.3 is 20.5 Å². The van der Waals surface area contributed by atoms with Crippen molar-refractivity contribution < 1.29 is 19.4 Å². The maximum Gasteiger partial charge on any atom is 0.325 e. The third-order valence-corrected chi connectivity index (χ3v) is 2.81. The molecule has 0 aliphatic heterocycles. The van der Waals surface area contributed by atoms with E-state index in [4.69, 9.17) is 21.4 Å². The van der Waals surface area contributed by atoms with E-state index >= 15 is 0 Å². The summed E-state index contributed by atoms with van der Waals surface area (Å²) < 4.78 is 5.15. The highest BCUT2D eigenvalue weighted by Crippen LogP contribution is 2.27. The molecule has 0 saturated carbocycles. The van der Waals surface area contributed by atoms with E-state index in [9.17, 15) is 9.59 Å². The van der Waals surface area contributed by atoms with Gasteiger partial charge in [-0.25, -0.2) is 0 Å². The Morgan fingerprint density at radius 3 is 2.75 bits per heavy atom. The van der Waals surface area contributed by atoms with Crippen LogP contribution in [-0.2, 0) is 9.59 Å². The van der Waals surface area contributed by atoms with E-state index in [1.54, 1.807) is 18.2 Å². The Bertz CT molecular complexity index is 493. The number of nitrogens with one attached hydrogen (secondary N) is 2. The highest BCUT2D eigenvalue weighted by atomic mass is 35.5. The number of methoxy groups -OCH3 is 1. The molecule has 0 aliphatic rings. The third-order valence-electron chi connectivity index (χ3n) is 2.58. The van der Waals surface area contributed by atoms with Crippen LogP contribution in [-0.4, -0.2) is 36.7 Å². The Morgan fingerprint density at radius 2 is 2.15 bits per heavy atom. The van der Waals surface area contributed by atoms with Crippen LogP contribution in [0.3, 0.4) is 0 Å². The molecule has 0 radical (unpaired) electrons. The summed E-state index contributed by atoms with van der Waals surface area (Å²) in [5.74, 6) is -0.787. The highest BCUT2D eigenvalue weighted by molar-refractivity contribution is 6.30. The Balaban J connectivity index is 2.46. The van der Waals surface area contributed by atoms with Crippen LogP contribution < -0.4 is 15.4 Å². The second kappa shape index (κ2) is 7.59. The first-order valence-electron chi connectivity index (χ1n) is 6.03. The van der Waals surface area contributed by atoms with E-state index in [0.29, 0.717) is 23.0 Å². The van der Waals surface area contributed by atoms with Crippen LogP contribution in [0, 0.1) is 0 Å². The second-order valence-electron chi connectivity index (χ2n) is 4.15. The van der Waals surface area contributed by atoms with E-state index in [0.717, 1.165) is 0 Å². The van der Waals surface area contributed by atoms with Gasteiger partial charge in [-0.1, -0.05) is 11.6 Å². The molecule has 20 heavy (non-hydrogen) atoms. The van der Waals surface area contributed by atoms with Gasteiger partial charge in [0, 0.05) is 18.0 Å². The third kappa shape index (κ3) is 4.97. The summed E-state index contributed by atoms with van der Waals surface area (Å²) in [6.45, 7) is 1.75. The van der Waals surface area contributed by atoms with E-state index in [1.165, 1.54) is 14.0 Å². The maximum absolute atomic E-state index is 11.5. The summed E-state index contributed by atoms with van der Waals surface area (Å²) in [6.07, 6.45) is 0.146. The molecule has 0 heterocycles. The molecule has 6 nitrogen and oxygen atoms in total. The monoisotopic (exact) mass is 300 g/mol. The van der Waals surface area contributed by atoms with Gasteiger partial charge in [-0.3, -0.25) is 9.59 Å². The van der Waals surface area contributed by atoms with Gasteiger partial charge in [-0.2, -0.15) is 0 Å². The van der Waals surface area contributed by atoms with Crippen molar-refractivity contribution in [2.24, 2.45) is 0 Å². The quantitative estimate of drug-likeness (QED) is 0.714. The summed E-state index contributed by atoms with van der Waals surface area (Å²) in [4.78, 5) is 22.1. The second-order valence-corrected chi connectivity index (χ2v) is 4.59. The standard InChI is InChI=1S/C13H17ClN2O4/c1-8(13(18)19)16-12(17)5-6-15-10-7-9(14)3-4-11(10)20-2/h3-4,7-8,15H,5-6H2,1-2H3,(H,16,17)(H,18,19)/t8-/m1/s1. The van der Waals surface area contributed by atoms with Crippen LogP contribution in [0.4, 0.5) is 5.69 Å². The number of ether oxygens (including phenoxy) is 1. The molecule has 0 spiro atoms. The van der Waals surface area contributed by atoms with Crippen LogP contribution in [0.2, 0.25) is 5.02 Å². The molecule has 0 saturated heterocycles. The van der Waals surface area contributed by atoms with Crippen molar-refractivity contribution in [3.63, 3.8) is 0 Å². The topological polar surface area (TPSA) is 87.7 Å². The molecule has 3 N–H and O–H groups in total. The maximum atomic E-state index is 11.5. The number of carboxylic acid groups (broad SMARTS) is 1. The molecule has 1 amide bonds. The highest BCUT2D eigenvalue weighted by Gasteiger charge is 2.13. The van der Waals surface area contributed by atoms with Crippen molar-refractivity contribution in [3.8, 4) is 5.75 Å². The summed E-state index contributed by atoms with van der Waals surface area (Å²) >= 11 is 5.88. The van der Waals surface area contributed by atoms with Gasteiger partial charge in [0.1, 0.15) is 11.8 Å². The number of carbonyl (C=O) groups excluding carboxylic acids is 1. The minimum atomic E-state index is -1.07. The van der Waals surface area contributed by atoms with Crippen molar-refractivity contribution in [1.82, 2.24) is 5.32 Å². The summed E-state index contributed by atoms with van der Waals surface area (Å²) in [6, 6.07) is 4.21. The smallest absolute Gasteiger partial charge is 0.325 e.